The minimum atomic E-state index is -0.422. The number of quaternary nitrogens is 1. The fourth-order valence-electron chi connectivity index (χ4n) is 2.57. The molecule has 0 bridgehead atoms. The summed E-state index contributed by atoms with van der Waals surface area (Å²) >= 11 is 0. The summed E-state index contributed by atoms with van der Waals surface area (Å²) in [6.07, 6.45) is 2.89. The van der Waals surface area contributed by atoms with Gasteiger partial charge in [0.15, 0.2) is 5.78 Å². The van der Waals surface area contributed by atoms with Crippen molar-refractivity contribution >= 4 is 11.8 Å². The molecule has 0 aliphatic rings. The molecule has 0 N–H and O–H groups in total. The first kappa shape index (κ1) is 18.6. The number of carbonyl (C=O) groups is 2. The molecular formula is C21H24NO3+. The predicted octanol–water partition coefficient (Wildman–Crippen LogP) is 3.57. The normalized spacial score (nSPS) is 11.0. The summed E-state index contributed by atoms with van der Waals surface area (Å²) in [6, 6.07) is 16.9. The largest absolute Gasteiger partial charge is 0.389 e. The molecule has 0 saturated heterocycles. The summed E-state index contributed by atoms with van der Waals surface area (Å²) < 4.78 is 0.162. The average molecular weight is 338 g/mol. The third-order valence-electron chi connectivity index (χ3n) is 3.92. The Balaban J connectivity index is 1.89. The Morgan fingerprint density at radius 2 is 1.60 bits per heavy atom. The maximum absolute atomic E-state index is 12.4. The zero-order valence-corrected chi connectivity index (χ0v) is 14.8. The van der Waals surface area contributed by atoms with Crippen molar-refractivity contribution in [2.45, 2.75) is 12.8 Å². The highest BCUT2D eigenvalue weighted by Gasteiger charge is 2.20. The number of rotatable bonds is 8. The van der Waals surface area contributed by atoms with Gasteiger partial charge in [-0.1, -0.05) is 61.2 Å². The van der Waals surface area contributed by atoms with Crippen molar-refractivity contribution in [1.82, 2.24) is 0 Å². The third kappa shape index (κ3) is 5.69. The monoisotopic (exact) mass is 338 g/mol. The van der Waals surface area contributed by atoms with Gasteiger partial charge in [-0.25, -0.2) is 4.79 Å². The van der Waals surface area contributed by atoms with E-state index in [9.17, 15) is 9.59 Å². The number of carbonyl (C=O) groups excluding carboxylic acids is 2. The summed E-state index contributed by atoms with van der Waals surface area (Å²) in [7, 11) is 3.67. The Kier molecular flexibility index (Phi) is 6.25. The first-order valence-electron chi connectivity index (χ1n) is 8.29. The lowest BCUT2D eigenvalue weighted by molar-refractivity contribution is -1.06. The van der Waals surface area contributed by atoms with Crippen LogP contribution in [0.15, 0.2) is 67.3 Å². The Bertz CT molecular complexity index is 733. The third-order valence-corrected chi connectivity index (χ3v) is 3.92. The molecule has 0 aliphatic carbocycles. The SMILES string of the molecule is C=CC(=O)O[N+](C)(C)CCCc1ccc(C(=O)c2ccccc2)cc1. The fraction of sp³-hybridized carbons (Fsp3) is 0.238. The zero-order valence-electron chi connectivity index (χ0n) is 14.8. The van der Waals surface area contributed by atoms with Gasteiger partial charge < -0.3 is 0 Å². The van der Waals surface area contributed by atoms with Crippen molar-refractivity contribution in [3.05, 3.63) is 83.9 Å². The van der Waals surface area contributed by atoms with Crippen molar-refractivity contribution < 1.29 is 19.1 Å². The van der Waals surface area contributed by atoms with E-state index in [1.54, 1.807) is 0 Å². The second-order valence-electron chi connectivity index (χ2n) is 6.41. The molecule has 0 amide bonds. The smallest absolute Gasteiger partial charge is 0.289 e. The second kappa shape index (κ2) is 8.40. The van der Waals surface area contributed by atoms with Crippen LogP contribution in [0.3, 0.4) is 0 Å². The standard InChI is InChI=1S/C21H24NO3/c1-4-20(23)25-22(2,3)16-8-9-17-12-14-19(15-13-17)21(24)18-10-6-5-7-11-18/h4-7,10-15H,1,8-9,16H2,2-3H3/q+1. The molecule has 0 heterocycles. The number of ketones is 1. The molecule has 0 spiro atoms. The highest BCUT2D eigenvalue weighted by molar-refractivity contribution is 6.08. The zero-order chi connectivity index (χ0) is 18.3. The molecule has 0 aliphatic heterocycles. The van der Waals surface area contributed by atoms with Crippen molar-refractivity contribution in [1.29, 1.82) is 0 Å². The van der Waals surface area contributed by atoms with E-state index >= 15 is 0 Å². The molecule has 0 unspecified atom stereocenters. The summed E-state index contributed by atoms with van der Waals surface area (Å²) in [5.41, 5.74) is 2.53. The summed E-state index contributed by atoms with van der Waals surface area (Å²) in [4.78, 5) is 28.9. The van der Waals surface area contributed by atoms with Gasteiger partial charge in [0.2, 0.25) is 0 Å². The molecule has 130 valence electrons. The molecule has 0 fully saturated rings. The van der Waals surface area contributed by atoms with E-state index < -0.39 is 5.97 Å². The second-order valence-corrected chi connectivity index (χ2v) is 6.41. The van der Waals surface area contributed by atoms with Gasteiger partial charge in [0.05, 0.1) is 0 Å². The summed E-state index contributed by atoms with van der Waals surface area (Å²) in [5.74, 6) is -0.393. The van der Waals surface area contributed by atoms with Crippen molar-refractivity contribution in [2.24, 2.45) is 0 Å². The van der Waals surface area contributed by atoms with Crippen molar-refractivity contribution in [3.63, 3.8) is 0 Å². The van der Waals surface area contributed by atoms with Gasteiger partial charge in [-0.05, 0) is 12.0 Å². The van der Waals surface area contributed by atoms with Gasteiger partial charge in [-0.2, -0.15) is 0 Å². The molecule has 4 heteroatoms. The van der Waals surface area contributed by atoms with Crippen LogP contribution in [0.5, 0.6) is 0 Å². The van der Waals surface area contributed by atoms with Crippen LogP contribution in [0.4, 0.5) is 0 Å². The van der Waals surface area contributed by atoms with Gasteiger partial charge in [-0.15, -0.1) is 4.65 Å². The van der Waals surface area contributed by atoms with Crippen LogP contribution in [-0.2, 0) is 16.1 Å². The van der Waals surface area contributed by atoms with E-state index in [1.807, 2.05) is 68.7 Å². The first-order valence-corrected chi connectivity index (χ1v) is 8.29. The van der Waals surface area contributed by atoms with Gasteiger partial charge in [0.25, 0.3) is 0 Å². The molecule has 2 rings (SSSR count). The van der Waals surface area contributed by atoms with E-state index in [0.717, 1.165) is 18.4 Å². The van der Waals surface area contributed by atoms with E-state index in [4.69, 9.17) is 4.84 Å². The van der Waals surface area contributed by atoms with Crippen LogP contribution in [0.25, 0.3) is 0 Å². The molecule has 0 aromatic heterocycles. The van der Waals surface area contributed by atoms with E-state index in [2.05, 4.69) is 6.58 Å². The molecule has 0 radical (unpaired) electrons. The lowest BCUT2D eigenvalue weighted by Crippen LogP contribution is -2.42. The highest BCUT2D eigenvalue weighted by atomic mass is 16.7. The van der Waals surface area contributed by atoms with E-state index in [0.29, 0.717) is 17.7 Å². The molecular weight excluding hydrogens is 314 g/mol. The average Bonchev–Trinajstić information content (AvgIpc) is 2.62. The Hall–Kier alpha value is -2.72. The minimum Gasteiger partial charge on any atom is -0.289 e. The highest BCUT2D eigenvalue weighted by Crippen LogP contribution is 2.13. The van der Waals surface area contributed by atoms with Crippen LogP contribution in [0.1, 0.15) is 27.9 Å². The van der Waals surface area contributed by atoms with E-state index in [1.165, 1.54) is 6.08 Å². The maximum atomic E-state index is 12.4. The molecule has 4 nitrogen and oxygen atoms in total. The Morgan fingerprint density at radius 1 is 1.00 bits per heavy atom. The van der Waals surface area contributed by atoms with Crippen LogP contribution in [0.2, 0.25) is 0 Å². The number of nitrogens with zero attached hydrogens (tertiary/aromatic N) is 1. The van der Waals surface area contributed by atoms with Crippen molar-refractivity contribution in [3.8, 4) is 0 Å². The van der Waals surface area contributed by atoms with Gasteiger partial charge in [-0.3, -0.25) is 9.63 Å². The number of hydrogen-bond acceptors (Lipinski definition) is 3. The molecule has 25 heavy (non-hydrogen) atoms. The summed E-state index contributed by atoms with van der Waals surface area (Å²) in [6.45, 7) is 4.10. The summed E-state index contributed by atoms with van der Waals surface area (Å²) in [5, 5.41) is 0. The van der Waals surface area contributed by atoms with Crippen LogP contribution in [0, 0.1) is 0 Å². The molecule has 2 aromatic carbocycles. The first-order chi connectivity index (χ1) is 11.9. The van der Waals surface area contributed by atoms with Gasteiger partial charge in [0, 0.05) is 23.6 Å². The maximum Gasteiger partial charge on any atom is 0.389 e. The van der Waals surface area contributed by atoms with Gasteiger partial charge in [0.1, 0.15) is 20.6 Å². The molecule has 0 atom stereocenters. The quantitative estimate of drug-likeness (QED) is 0.320. The molecule has 0 saturated carbocycles. The fourth-order valence-corrected chi connectivity index (χ4v) is 2.57. The minimum absolute atomic E-state index is 0.0290. The predicted molar refractivity (Wildman–Crippen MR) is 97.9 cm³/mol. The van der Waals surface area contributed by atoms with Crippen LogP contribution in [-0.4, -0.2) is 37.0 Å². The number of hydroxylamine groups is 3. The molecule has 2 aromatic rings. The number of hydrogen-bond donors (Lipinski definition) is 0. The number of aryl methyl sites for hydroxylation is 1. The van der Waals surface area contributed by atoms with Gasteiger partial charge >= 0.3 is 5.97 Å². The van der Waals surface area contributed by atoms with Crippen molar-refractivity contribution in [2.75, 3.05) is 20.6 Å². The lowest BCUT2D eigenvalue weighted by Gasteiger charge is -2.25. The Labute approximate surface area is 148 Å². The van der Waals surface area contributed by atoms with E-state index in [-0.39, 0.29) is 10.4 Å². The van der Waals surface area contributed by atoms with Crippen LogP contribution < -0.4 is 0 Å². The Morgan fingerprint density at radius 3 is 2.20 bits per heavy atom. The number of benzene rings is 2. The topological polar surface area (TPSA) is 43.4 Å². The lowest BCUT2D eigenvalue weighted by atomic mass is 10.0. The van der Waals surface area contributed by atoms with Crippen LogP contribution >= 0.6 is 0 Å².